The zero-order valence-electron chi connectivity index (χ0n) is 5.50. The molecule has 0 bridgehead atoms. The van der Waals surface area contributed by atoms with Crippen LogP contribution in [-0.2, 0) is 11.2 Å². The van der Waals surface area contributed by atoms with Gasteiger partial charge in [0.15, 0.2) is 0 Å². The molecule has 0 unspecified atom stereocenters. The third-order valence-electron chi connectivity index (χ3n) is 1.11. The first-order valence-electron chi connectivity index (χ1n) is 2.90. The zero-order chi connectivity index (χ0) is 7.40. The Labute approximate surface area is 62.6 Å². The molecule has 0 atom stereocenters. The average molecular weight is 154 g/mol. The minimum absolute atomic E-state index is 0.655. The van der Waals surface area contributed by atoms with Gasteiger partial charge in [-0.15, -0.1) is 0 Å². The predicted octanol–water partition coefficient (Wildman–Crippen LogP) is 1.67. The Bertz CT molecular complexity index is 262. The lowest BCUT2D eigenvalue weighted by Gasteiger charge is -1.85. The third-order valence-corrected chi connectivity index (χ3v) is 2.04. The van der Waals surface area contributed by atoms with Crippen LogP contribution >= 0.6 is 11.5 Å². The van der Waals surface area contributed by atoms with E-state index in [0.717, 1.165) is 11.3 Å². The van der Waals surface area contributed by atoms with Crippen molar-refractivity contribution in [1.29, 1.82) is 0 Å². The summed E-state index contributed by atoms with van der Waals surface area (Å²) in [5, 5.41) is 0. The second kappa shape index (κ2) is 3.25. The van der Waals surface area contributed by atoms with Crippen LogP contribution in [0.5, 0.6) is 0 Å². The van der Waals surface area contributed by atoms with Gasteiger partial charge >= 0.3 is 0 Å². The molecule has 1 aromatic rings. The number of hydrogen-bond acceptors (Lipinski definition) is 4. The van der Waals surface area contributed by atoms with Gasteiger partial charge in [0.25, 0.3) is 0 Å². The monoisotopic (exact) mass is 154 g/mol. The fourth-order valence-electron chi connectivity index (χ4n) is 0.645. The number of rotatable bonds is 2. The SMILES string of the molecule is CCc1sncc1N=C=O. The van der Waals surface area contributed by atoms with E-state index in [1.165, 1.54) is 17.6 Å². The largest absolute Gasteiger partial charge is 0.240 e. The first kappa shape index (κ1) is 7.12. The van der Waals surface area contributed by atoms with Crippen molar-refractivity contribution in [1.82, 2.24) is 4.37 Å². The van der Waals surface area contributed by atoms with Gasteiger partial charge in [0.05, 0.1) is 11.1 Å². The Hall–Kier alpha value is -0.990. The quantitative estimate of drug-likeness (QED) is 0.480. The molecule has 1 rings (SSSR count). The highest BCUT2D eigenvalue weighted by Crippen LogP contribution is 2.21. The summed E-state index contributed by atoms with van der Waals surface area (Å²) in [6.07, 6.45) is 3.93. The van der Waals surface area contributed by atoms with Gasteiger partial charge in [0.2, 0.25) is 6.08 Å². The second-order valence-electron chi connectivity index (χ2n) is 1.69. The van der Waals surface area contributed by atoms with Gasteiger partial charge in [0, 0.05) is 0 Å². The Kier molecular flexibility index (Phi) is 2.31. The summed E-state index contributed by atoms with van der Waals surface area (Å²) in [4.78, 5) is 14.3. The van der Waals surface area contributed by atoms with Crippen LogP contribution in [0.1, 0.15) is 11.8 Å². The lowest BCUT2D eigenvalue weighted by atomic mass is 10.3. The van der Waals surface area contributed by atoms with E-state index in [2.05, 4.69) is 9.37 Å². The number of aromatic nitrogens is 1. The molecule has 1 aromatic heterocycles. The molecule has 0 aliphatic carbocycles. The van der Waals surface area contributed by atoms with E-state index >= 15 is 0 Å². The highest BCUT2D eigenvalue weighted by molar-refractivity contribution is 7.06. The maximum absolute atomic E-state index is 9.83. The van der Waals surface area contributed by atoms with Crippen molar-refractivity contribution in [2.24, 2.45) is 4.99 Å². The molecule has 0 spiro atoms. The summed E-state index contributed by atoms with van der Waals surface area (Å²) in [5.74, 6) is 0. The molecular formula is C6H6N2OS. The van der Waals surface area contributed by atoms with Crippen LogP contribution in [-0.4, -0.2) is 10.5 Å². The molecule has 4 heteroatoms. The van der Waals surface area contributed by atoms with E-state index in [0.29, 0.717) is 5.69 Å². The minimum atomic E-state index is 0.655. The predicted molar refractivity (Wildman–Crippen MR) is 39.3 cm³/mol. The minimum Gasteiger partial charge on any atom is -0.211 e. The van der Waals surface area contributed by atoms with Crippen molar-refractivity contribution >= 4 is 23.3 Å². The molecule has 0 N–H and O–H groups in total. The zero-order valence-corrected chi connectivity index (χ0v) is 6.31. The molecule has 3 nitrogen and oxygen atoms in total. The van der Waals surface area contributed by atoms with Crippen LogP contribution < -0.4 is 0 Å². The molecule has 0 aliphatic rings. The fraction of sp³-hybridized carbons (Fsp3) is 0.333. The van der Waals surface area contributed by atoms with Crippen molar-refractivity contribution in [3.63, 3.8) is 0 Å². The number of aryl methyl sites for hydroxylation is 1. The van der Waals surface area contributed by atoms with Crippen LogP contribution in [0.2, 0.25) is 0 Å². The molecule has 52 valence electrons. The highest BCUT2D eigenvalue weighted by Gasteiger charge is 1.99. The molecule has 0 aromatic carbocycles. The maximum atomic E-state index is 9.83. The van der Waals surface area contributed by atoms with Crippen LogP contribution in [0.3, 0.4) is 0 Å². The lowest BCUT2D eigenvalue weighted by Crippen LogP contribution is -1.69. The van der Waals surface area contributed by atoms with E-state index in [4.69, 9.17) is 0 Å². The van der Waals surface area contributed by atoms with Crippen LogP contribution in [0.15, 0.2) is 11.2 Å². The first-order chi connectivity index (χ1) is 4.88. The molecular weight excluding hydrogens is 148 g/mol. The Morgan fingerprint density at radius 3 is 3.30 bits per heavy atom. The average Bonchev–Trinajstić information content (AvgIpc) is 2.36. The van der Waals surface area contributed by atoms with Gasteiger partial charge in [-0.3, -0.25) is 0 Å². The molecule has 10 heavy (non-hydrogen) atoms. The Balaban J connectivity index is 3.00. The van der Waals surface area contributed by atoms with Crippen molar-refractivity contribution in [3.05, 3.63) is 11.1 Å². The molecule has 0 aliphatic heterocycles. The normalized spacial score (nSPS) is 8.90. The van der Waals surface area contributed by atoms with Crippen LogP contribution in [0.4, 0.5) is 5.69 Å². The van der Waals surface area contributed by atoms with Gasteiger partial charge in [0.1, 0.15) is 5.69 Å². The van der Waals surface area contributed by atoms with E-state index in [-0.39, 0.29) is 0 Å². The first-order valence-corrected chi connectivity index (χ1v) is 3.67. The van der Waals surface area contributed by atoms with Gasteiger partial charge in [-0.2, -0.15) is 9.37 Å². The van der Waals surface area contributed by atoms with E-state index in [9.17, 15) is 4.79 Å². The Morgan fingerprint density at radius 1 is 1.90 bits per heavy atom. The number of hydrogen-bond donors (Lipinski definition) is 0. The summed E-state index contributed by atoms with van der Waals surface area (Å²) in [5.41, 5.74) is 0.655. The molecule has 0 radical (unpaired) electrons. The molecule has 0 amide bonds. The van der Waals surface area contributed by atoms with Crippen molar-refractivity contribution in [2.75, 3.05) is 0 Å². The molecule has 0 saturated carbocycles. The van der Waals surface area contributed by atoms with Crippen molar-refractivity contribution in [3.8, 4) is 0 Å². The summed E-state index contributed by atoms with van der Waals surface area (Å²) >= 11 is 1.37. The highest BCUT2D eigenvalue weighted by atomic mass is 32.1. The standard InChI is InChI=1S/C6H6N2OS/c1-2-6-5(7-4-9)3-8-10-6/h3H,2H2,1H3. The van der Waals surface area contributed by atoms with E-state index in [1.54, 1.807) is 6.20 Å². The third kappa shape index (κ3) is 1.29. The summed E-state index contributed by atoms with van der Waals surface area (Å²) in [7, 11) is 0. The van der Waals surface area contributed by atoms with Gasteiger partial charge in [-0.05, 0) is 18.0 Å². The number of nitrogens with zero attached hydrogens (tertiary/aromatic N) is 2. The summed E-state index contributed by atoms with van der Waals surface area (Å²) < 4.78 is 3.88. The van der Waals surface area contributed by atoms with E-state index < -0.39 is 0 Å². The van der Waals surface area contributed by atoms with Crippen LogP contribution in [0.25, 0.3) is 0 Å². The van der Waals surface area contributed by atoms with Gasteiger partial charge in [-0.1, -0.05) is 6.92 Å². The molecule has 0 fully saturated rings. The number of carbonyl (C=O) groups excluding carboxylic acids is 1. The van der Waals surface area contributed by atoms with Crippen molar-refractivity contribution < 1.29 is 4.79 Å². The lowest BCUT2D eigenvalue weighted by molar-refractivity contribution is 0.565. The van der Waals surface area contributed by atoms with E-state index in [1.807, 2.05) is 6.92 Å². The van der Waals surface area contributed by atoms with Gasteiger partial charge in [-0.25, -0.2) is 4.79 Å². The van der Waals surface area contributed by atoms with Crippen LogP contribution in [0, 0.1) is 0 Å². The van der Waals surface area contributed by atoms with Gasteiger partial charge < -0.3 is 0 Å². The fourth-order valence-corrected chi connectivity index (χ4v) is 1.25. The summed E-state index contributed by atoms with van der Waals surface area (Å²) in [6.45, 7) is 2.00. The maximum Gasteiger partial charge on any atom is 0.240 e. The molecule has 0 saturated heterocycles. The number of aliphatic imine (C=N–C) groups is 1. The molecule has 1 heterocycles. The summed E-state index contributed by atoms with van der Waals surface area (Å²) in [6, 6.07) is 0. The van der Waals surface area contributed by atoms with Crippen molar-refractivity contribution in [2.45, 2.75) is 13.3 Å². The second-order valence-corrected chi connectivity index (χ2v) is 2.58. The smallest absolute Gasteiger partial charge is 0.211 e. The Morgan fingerprint density at radius 2 is 2.70 bits per heavy atom. The number of isocyanates is 1. The topological polar surface area (TPSA) is 42.3 Å².